The maximum atomic E-state index is 12.3. The third kappa shape index (κ3) is 24.3. The number of nitrogens with zero attached hydrogens (tertiary/aromatic N) is 1. The summed E-state index contributed by atoms with van der Waals surface area (Å²) in [4.78, 5) is 37.8. The molecule has 300 valence electrons. The van der Waals surface area contributed by atoms with Crippen LogP contribution in [0.25, 0.3) is 0 Å². The molecule has 1 rings (SSSR count). The summed E-state index contributed by atoms with van der Waals surface area (Å²) < 4.78 is 46.4. The first-order valence-electron chi connectivity index (χ1n) is 19.2. The van der Waals surface area contributed by atoms with Crippen LogP contribution in [0.3, 0.4) is 0 Å². The van der Waals surface area contributed by atoms with Crippen molar-refractivity contribution in [3.8, 4) is 0 Å². The molecule has 0 saturated carbocycles. The van der Waals surface area contributed by atoms with Crippen molar-refractivity contribution in [3.63, 3.8) is 0 Å². The Hall–Kier alpha value is -1.71. The van der Waals surface area contributed by atoms with E-state index >= 15 is 0 Å². The summed E-state index contributed by atoms with van der Waals surface area (Å²) in [7, 11) is 1.71. The summed E-state index contributed by atoms with van der Waals surface area (Å²) in [5.74, 6) is -0.191. The van der Waals surface area contributed by atoms with Crippen LogP contribution in [0, 0.1) is 11.8 Å². The fraction of sp³-hybridized carbons (Fsp3) is 0.921. The number of ether oxygens (including phenoxy) is 8. The van der Waals surface area contributed by atoms with Crippen LogP contribution >= 0.6 is 0 Å². The van der Waals surface area contributed by atoms with Crippen molar-refractivity contribution in [3.05, 3.63) is 0 Å². The monoisotopic (exact) mass is 733 g/mol. The van der Waals surface area contributed by atoms with E-state index in [9.17, 15) is 14.4 Å². The molecule has 0 aromatic heterocycles. The lowest BCUT2D eigenvalue weighted by atomic mass is 10.1. The van der Waals surface area contributed by atoms with Crippen molar-refractivity contribution in [2.24, 2.45) is 11.8 Å². The van der Waals surface area contributed by atoms with Gasteiger partial charge in [0.15, 0.2) is 0 Å². The molecule has 3 amide bonds. The van der Waals surface area contributed by atoms with Crippen molar-refractivity contribution < 1.29 is 52.3 Å². The maximum absolute atomic E-state index is 12.3. The average Bonchev–Trinajstić information content (AvgIpc) is 3.36. The molecule has 13 heteroatoms. The van der Waals surface area contributed by atoms with Crippen LogP contribution in [0.5, 0.6) is 0 Å². The predicted octanol–water partition coefficient (Wildman–Crippen LogP) is 4.57. The minimum Gasteiger partial charge on any atom is -0.379 e. The van der Waals surface area contributed by atoms with Gasteiger partial charge in [0.1, 0.15) is 6.10 Å². The molecule has 1 heterocycles. The van der Waals surface area contributed by atoms with Gasteiger partial charge in [0.25, 0.3) is 0 Å². The van der Waals surface area contributed by atoms with E-state index in [0.717, 1.165) is 32.3 Å². The molecule has 1 N–H and O–H groups in total. The second kappa shape index (κ2) is 28.7. The van der Waals surface area contributed by atoms with Crippen LogP contribution in [0.15, 0.2) is 0 Å². The number of carbonyl (C=O) groups is 3. The Morgan fingerprint density at radius 2 is 1.41 bits per heavy atom. The number of carbonyl (C=O) groups excluding carboxylic acids is 3. The number of rotatable bonds is 34. The molecular weight excluding hydrogens is 660 g/mol. The van der Waals surface area contributed by atoms with Gasteiger partial charge >= 0.3 is 0 Å². The second-order valence-corrected chi connectivity index (χ2v) is 14.4. The van der Waals surface area contributed by atoms with E-state index in [1.807, 2.05) is 27.7 Å². The zero-order valence-corrected chi connectivity index (χ0v) is 33.2. The highest BCUT2D eigenvalue weighted by atomic mass is 16.6. The highest BCUT2D eigenvalue weighted by Crippen LogP contribution is 2.22. The van der Waals surface area contributed by atoms with E-state index in [4.69, 9.17) is 37.9 Å². The summed E-state index contributed by atoms with van der Waals surface area (Å²) in [5.41, 5.74) is -0.189. The van der Waals surface area contributed by atoms with Gasteiger partial charge in [-0.3, -0.25) is 19.3 Å². The molecule has 0 aliphatic carbocycles. The quantitative estimate of drug-likeness (QED) is 0.0735. The van der Waals surface area contributed by atoms with E-state index in [-0.39, 0.29) is 66.9 Å². The molecule has 4 unspecified atom stereocenters. The fourth-order valence-corrected chi connectivity index (χ4v) is 4.96. The van der Waals surface area contributed by atoms with Crippen LogP contribution < -0.4 is 5.32 Å². The van der Waals surface area contributed by atoms with E-state index < -0.39 is 0 Å². The van der Waals surface area contributed by atoms with Gasteiger partial charge in [0.05, 0.1) is 57.5 Å². The zero-order chi connectivity index (χ0) is 37.9. The third-order valence-electron chi connectivity index (χ3n) is 8.84. The summed E-state index contributed by atoms with van der Waals surface area (Å²) in [6.07, 6.45) is 5.06. The summed E-state index contributed by atoms with van der Waals surface area (Å²) in [6, 6.07) is 0. The average molecular weight is 733 g/mol. The molecule has 1 aliphatic heterocycles. The second-order valence-electron chi connectivity index (χ2n) is 14.4. The van der Waals surface area contributed by atoms with Gasteiger partial charge in [-0.15, -0.1) is 0 Å². The summed E-state index contributed by atoms with van der Waals surface area (Å²) in [6.45, 7) is 20.5. The Kier molecular flexibility index (Phi) is 26.7. The lowest BCUT2D eigenvalue weighted by Crippen LogP contribution is -2.35. The fourth-order valence-electron chi connectivity index (χ4n) is 4.96. The molecule has 4 atom stereocenters. The SMILES string of the molecule is CCC1CC(=O)N(CCC(=O)NCCCOCC(COCCOCCC(C)OCCC(C)(C)OC)OCCOCCC(C)OCCC(C)C)C1=O. The number of likely N-dealkylation sites (tertiary alicyclic amines) is 1. The molecule has 51 heavy (non-hydrogen) atoms. The number of hydrogen-bond acceptors (Lipinski definition) is 11. The van der Waals surface area contributed by atoms with Crippen LogP contribution in [-0.4, -0.2) is 139 Å². The Labute approximate surface area is 308 Å². The summed E-state index contributed by atoms with van der Waals surface area (Å²) >= 11 is 0. The molecule has 0 aromatic carbocycles. The van der Waals surface area contributed by atoms with Crippen LogP contribution in [0.4, 0.5) is 0 Å². The van der Waals surface area contributed by atoms with Gasteiger partial charge in [-0.25, -0.2) is 0 Å². The van der Waals surface area contributed by atoms with Crippen molar-refractivity contribution >= 4 is 17.7 Å². The van der Waals surface area contributed by atoms with Crippen LogP contribution in [0.2, 0.25) is 0 Å². The third-order valence-corrected chi connectivity index (χ3v) is 8.84. The van der Waals surface area contributed by atoms with Gasteiger partial charge in [0, 0.05) is 72.0 Å². The van der Waals surface area contributed by atoms with E-state index in [0.29, 0.717) is 91.4 Å². The molecule has 1 aliphatic rings. The van der Waals surface area contributed by atoms with Crippen molar-refractivity contribution in [1.82, 2.24) is 10.2 Å². The lowest BCUT2D eigenvalue weighted by Gasteiger charge is -2.23. The van der Waals surface area contributed by atoms with Gasteiger partial charge in [-0.1, -0.05) is 20.8 Å². The first kappa shape index (κ1) is 47.3. The number of hydrogen-bond donors (Lipinski definition) is 1. The minimum atomic E-state index is -0.284. The Balaban J connectivity index is 2.29. The Bertz CT molecular complexity index is 920. The first-order chi connectivity index (χ1) is 24.4. The van der Waals surface area contributed by atoms with Gasteiger partial charge in [0.2, 0.25) is 17.7 Å². The lowest BCUT2D eigenvalue weighted by molar-refractivity contribution is -0.139. The van der Waals surface area contributed by atoms with Crippen molar-refractivity contribution in [2.75, 3.05) is 92.9 Å². The molecule has 0 bridgehead atoms. The van der Waals surface area contributed by atoms with Crippen molar-refractivity contribution in [1.29, 1.82) is 0 Å². The highest BCUT2D eigenvalue weighted by Gasteiger charge is 2.37. The van der Waals surface area contributed by atoms with Gasteiger partial charge in [-0.05, 0) is 72.1 Å². The maximum Gasteiger partial charge on any atom is 0.232 e. The Morgan fingerprint density at radius 3 is 2.02 bits per heavy atom. The molecule has 13 nitrogen and oxygen atoms in total. The minimum absolute atomic E-state index is 0.0953. The van der Waals surface area contributed by atoms with E-state index in [1.165, 1.54) is 4.90 Å². The first-order valence-corrected chi connectivity index (χ1v) is 19.2. The topological polar surface area (TPSA) is 140 Å². The number of methoxy groups -OCH3 is 1. The highest BCUT2D eigenvalue weighted by molar-refractivity contribution is 6.03. The van der Waals surface area contributed by atoms with Crippen LogP contribution in [-0.2, 0) is 52.3 Å². The largest absolute Gasteiger partial charge is 0.379 e. The number of imide groups is 1. The number of amides is 3. The normalized spacial score (nSPS) is 17.0. The molecule has 1 saturated heterocycles. The standard InChI is InChI=1S/C38H72N2O11/c1-9-33-27-36(42)40(37(33)43)17-11-35(41)39-16-10-18-47-28-34(51-26-25-46-20-13-31(4)49-21-12-30(2)3)29-48-24-23-45-19-14-32(5)50-22-15-38(6,7)44-8/h30-34H,9-29H2,1-8H3,(H,39,41). The van der Waals surface area contributed by atoms with Gasteiger partial charge in [-0.2, -0.15) is 0 Å². The van der Waals surface area contributed by atoms with Crippen molar-refractivity contribution in [2.45, 2.75) is 124 Å². The number of nitrogens with one attached hydrogen (secondary N) is 1. The summed E-state index contributed by atoms with van der Waals surface area (Å²) in [5, 5.41) is 2.83. The predicted molar refractivity (Wildman–Crippen MR) is 196 cm³/mol. The van der Waals surface area contributed by atoms with E-state index in [2.05, 4.69) is 26.1 Å². The van der Waals surface area contributed by atoms with E-state index in [1.54, 1.807) is 7.11 Å². The molecule has 0 aromatic rings. The molecular formula is C38H72N2O11. The Morgan fingerprint density at radius 1 is 0.804 bits per heavy atom. The molecule has 0 spiro atoms. The zero-order valence-electron chi connectivity index (χ0n) is 33.2. The molecule has 1 fully saturated rings. The smallest absolute Gasteiger partial charge is 0.232 e. The van der Waals surface area contributed by atoms with Crippen LogP contribution in [0.1, 0.15) is 99.8 Å². The van der Waals surface area contributed by atoms with Gasteiger partial charge < -0.3 is 43.2 Å². The molecule has 0 radical (unpaired) electrons.